The number of carbonyl (C=O) groups is 1. The van der Waals surface area contributed by atoms with E-state index in [1.165, 1.54) is 17.3 Å². The fourth-order valence-electron chi connectivity index (χ4n) is 2.05. The van der Waals surface area contributed by atoms with Crippen molar-refractivity contribution in [3.63, 3.8) is 0 Å². The Morgan fingerprint density at radius 1 is 1.38 bits per heavy atom. The third-order valence-corrected chi connectivity index (χ3v) is 3.65. The summed E-state index contributed by atoms with van der Waals surface area (Å²) in [6.07, 6.45) is 3.26. The molecule has 1 heterocycles. The fraction of sp³-hybridized carbons (Fsp3) is 0.400. The molecule has 1 atom stereocenters. The van der Waals surface area contributed by atoms with Gasteiger partial charge in [0.1, 0.15) is 25.4 Å². The van der Waals surface area contributed by atoms with Crippen molar-refractivity contribution >= 4 is 17.4 Å². The predicted octanol–water partition coefficient (Wildman–Crippen LogP) is 3.28. The quantitative estimate of drug-likeness (QED) is 0.822. The van der Waals surface area contributed by atoms with Crippen LogP contribution in [0.4, 0.5) is 4.39 Å². The van der Waals surface area contributed by atoms with E-state index in [2.05, 4.69) is 10.1 Å². The first kappa shape index (κ1) is 15.6. The molecule has 1 aromatic heterocycles. The second-order valence-corrected chi connectivity index (χ2v) is 6.04. The van der Waals surface area contributed by atoms with Gasteiger partial charge in [-0.25, -0.2) is 9.67 Å². The summed E-state index contributed by atoms with van der Waals surface area (Å²) in [5, 5.41) is 4.67. The Balaban J connectivity index is 2.29. The van der Waals surface area contributed by atoms with Crippen molar-refractivity contribution in [2.45, 2.75) is 26.3 Å². The molecule has 0 fully saturated rings. The van der Waals surface area contributed by atoms with Crippen LogP contribution >= 0.6 is 11.6 Å². The molecule has 4 nitrogen and oxygen atoms in total. The molecular formula is C15H17ClFN3O. The summed E-state index contributed by atoms with van der Waals surface area (Å²) < 4.78 is 14.6. The van der Waals surface area contributed by atoms with Crippen LogP contribution in [-0.2, 0) is 11.2 Å². The molecule has 21 heavy (non-hydrogen) atoms. The molecular weight excluding hydrogens is 293 g/mol. The minimum absolute atomic E-state index is 0.203. The normalized spacial score (nSPS) is 13.1. The van der Waals surface area contributed by atoms with Crippen LogP contribution in [0.2, 0.25) is 5.02 Å². The van der Waals surface area contributed by atoms with Crippen molar-refractivity contribution in [2.24, 2.45) is 5.41 Å². The maximum Gasteiger partial charge on any atom is 0.165 e. The minimum atomic E-state index is -1.05. The SMILES string of the molecule is CC(C)(CF)C(=O)C(Cc1ccc(Cl)cc1)n1cncn1. The summed E-state index contributed by atoms with van der Waals surface area (Å²) in [6, 6.07) is 6.64. The van der Waals surface area contributed by atoms with Gasteiger partial charge in [-0.3, -0.25) is 9.18 Å². The zero-order valence-electron chi connectivity index (χ0n) is 12.0. The summed E-state index contributed by atoms with van der Waals surface area (Å²) in [4.78, 5) is 16.5. The zero-order chi connectivity index (χ0) is 15.5. The van der Waals surface area contributed by atoms with Gasteiger partial charge in [0, 0.05) is 11.4 Å². The number of nitrogens with zero attached hydrogens (tertiary/aromatic N) is 3. The second-order valence-electron chi connectivity index (χ2n) is 5.60. The lowest BCUT2D eigenvalue weighted by Crippen LogP contribution is -2.35. The lowest BCUT2D eigenvalue weighted by Gasteiger charge is -2.25. The number of aromatic nitrogens is 3. The van der Waals surface area contributed by atoms with Gasteiger partial charge >= 0.3 is 0 Å². The highest BCUT2D eigenvalue weighted by atomic mass is 35.5. The van der Waals surface area contributed by atoms with Crippen LogP contribution in [0, 0.1) is 5.41 Å². The topological polar surface area (TPSA) is 47.8 Å². The maximum atomic E-state index is 13.1. The fourth-order valence-corrected chi connectivity index (χ4v) is 2.17. The van der Waals surface area contributed by atoms with Crippen LogP contribution in [0.25, 0.3) is 0 Å². The lowest BCUT2D eigenvalue weighted by molar-refractivity contribution is -0.131. The smallest absolute Gasteiger partial charge is 0.165 e. The van der Waals surface area contributed by atoms with Gasteiger partial charge in [0.05, 0.1) is 5.41 Å². The van der Waals surface area contributed by atoms with Gasteiger partial charge in [0.15, 0.2) is 5.78 Å². The van der Waals surface area contributed by atoms with Gasteiger partial charge in [-0.2, -0.15) is 5.10 Å². The van der Waals surface area contributed by atoms with E-state index in [1.54, 1.807) is 26.0 Å². The number of rotatable bonds is 6. The average molecular weight is 310 g/mol. The molecule has 0 aliphatic rings. The van der Waals surface area contributed by atoms with Gasteiger partial charge in [0.2, 0.25) is 0 Å². The van der Waals surface area contributed by atoms with Crippen LogP contribution < -0.4 is 0 Å². The summed E-state index contributed by atoms with van der Waals surface area (Å²) in [7, 11) is 0. The second kappa shape index (κ2) is 6.35. The van der Waals surface area contributed by atoms with Gasteiger partial charge in [-0.05, 0) is 17.7 Å². The van der Waals surface area contributed by atoms with E-state index in [0.29, 0.717) is 11.4 Å². The molecule has 0 amide bonds. The number of Topliss-reactive ketones (excluding diaryl/α,β-unsaturated/α-hetero) is 1. The third kappa shape index (κ3) is 3.67. The Kier molecular flexibility index (Phi) is 4.73. The predicted molar refractivity (Wildman–Crippen MR) is 79.0 cm³/mol. The number of halogens is 2. The monoisotopic (exact) mass is 309 g/mol. The molecule has 112 valence electrons. The highest BCUT2D eigenvalue weighted by Gasteiger charge is 2.35. The van der Waals surface area contributed by atoms with Crippen LogP contribution in [0.15, 0.2) is 36.9 Å². The van der Waals surface area contributed by atoms with Crippen LogP contribution in [0.1, 0.15) is 25.5 Å². The summed E-state index contributed by atoms with van der Waals surface area (Å²) in [5.41, 5.74) is -0.119. The summed E-state index contributed by atoms with van der Waals surface area (Å²) in [6.45, 7) is 2.49. The number of ketones is 1. The molecule has 1 unspecified atom stereocenters. The number of carbonyl (C=O) groups excluding carboxylic acids is 1. The molecule has 0 spiro atoms. The first-order valence-corrected chi connectivity index (χ1v) is 7.00. The average Bonchev–Trinajstić information content (AvgIpc) is 3.00. The first-order chi connectivity index (χ1) is 9.94. The number of hydrogen-bond donors (Lipinski definition) is 0. The highest BCUT2D eigenvalue weighted by molar-refractivity contribution is 6.30. The van der Waals surface area contributed by atoms with Crippen molar-refractivity contribution < 1.29 is 9.18 Å². The molecule has 0 bridgehead atoms. The van der Waals surface area contributed by atoms with Crippen LogP contribution in [0.3, 0.4) is 0 Å². The van der Waals surface area contributed by atoms with Crippen molar-refractivity contribution in [1.82, 2.24) is 14.8 Å². The number of alkyl halides is 1. The maximum absolute atomic E-state index is 13.1. The molecule has 6 heteroatoms. The van der Waals surface area contributed by atoms with Crippen LogP contribution in [-0.4, -0.2) is 27.2 Å². The highest BCUT2D eigenvalue weighted by Crippen LogP contribution is 2.27. The van der Waals surface area contributed by atoms with Crippen LogP contribution in [0.5, 0.6) is 0 Å². The number of hydrogen-bond acceptors (Lipinski definition) is 3. The number of benzene rings is 1. The molecule has 0 saturated carbocycles. The van der Waals surface area contributed by atoms with E-state index in [-0.39, 0.29) is 5.78 Å². The summed E-state index contributed by atoms with van der Waals surface area (Å²) >= 11 is 5.86. The Bertz CT molecular complexity index is 596. The summed E-state index contributed by atoms with van der Waals surface area (Å²) in [5.74, 6) is -0.203. The van der Waals surface area contributed by atoms with Gasteiger partial charge in [-0.15, -0.1) is 0 Å². The van der Waals surface area contributed by atoms with E-state index in [9.17, 15) is 9.18 Å². The standard InChI is InChI=1S/C15H17ClFN3O/c1-15(2,8-17)14(21)13(20-10-18-9-19-20)7-11-3-5-12(16)6-4-11/h3-6,9-10,13H,7-8H2,1-2H3. The first-order valence-electron chi connectivity index (χ1n) is 6.63. The van der Waals surface area contributed by atoms with Crippen molar-refractivity contribution in [3.05, 3.63) is 47.5 Å². The zero-order valence-corrected chi connectivity index (χ0v) is 12.7. The molecule has 0 radical (unpaired) electrons. The largest absolute Gasteiger partial charge is 0.297 e. The Morgan fingerprint density at radius 2 is 2.05 bits per heavy atom. The molecule has 0 aliphatic carbocycles. The Labute approximate surface area is 128 Å². The molecule has 0 aliphatic heterocycles. The lowest BCUT2D eigenvalue weighted by atomic mass is 9.83. The van der Waals surface area contributed by atoms with E-state index < -0.39 is 18.1 Å². The third-order valence-electron chi connectivity index (χ3n) is 3.40. The van der Waals surface area contributed by atoms with E-state index in [4.69, 9.17) is 11.6 Å². The van der Waals surface area contributed by atoms with Gasteiger partial charge in [0.25, 0.3) is 0 Å². The van der Waals surface area contributed by atoms with E-state index in [0.717, 1.165) is 5.56 Å². The molecule has 0 N–H and O–H groups in total. The Morgan fingerprint density at radius 3 is 2.57 bits per heavy atom. The molecule has 1 aromatic carbocycles. The van der Waals surface area contributed by atoms with Gasteiger partial charge in [-0.1, -0.05) is 37.6 Å². The van der Waals surface area contributed by atoms with Crippen molar-refractivity contribution in [1.29, 1.82) is 0 Å². The van der Waals surface area contributed by atoms with Crippen molar-refractivity contribution in [3.8, 4) is 0 Å². The molecule has 2 aromatic rings. The Hall–Kier alpha value is -1.75. The van der Waals surface area contributed by atoms with Gasteiger partial charge < -0.3 is 0 Å². The molecule has 2 rings (SSSR count). The van der Waals surface area contributed by atoms with E-state index >= 15 is 0 Å². The van der Waals surface area contributed by atoms with Crippen molar-refractivity contribution in [2.75, 3.05) is 6.67 Å². The van der Waals surface area contributed by atoms with E-state index in [1.807, 2.05) is 12.1 Å². The minimum Gasteiger partial charge on any atom is -0.297 e. The molecule has 0 saturated heterocycles.